The first-order chi connectivity index (χ1) is 12.1. The lowest BCUT2D eigenvalue weighted by molar-refractivity contribution is -0.118. The normalized spacial score (nSPS) is 10.5. The average molecular weight is 362 g/mol. The standard InChI is InChI=1S/C17H15FN2O4S/c1-22-12-7-8-13(23-2)16-15(12)20-17(25-16)19-14(21)9-24-11-5-3-10(18)4-6-11/h3-8H,9H2,1-2H3,(H,19,20,21). The van der Waals surface area contributed by atoms with Crippen molar-refractivity contribution in [3.05, 3.63) is 42.2 Å². The molecule has 130 valence electrons. The third-order valence-corrected chi connectivity index (χ3v) is 4.33. The Bertz CT molecular complexity index is 855. The van der Waals surface area contributed by atoms with E-state index in [-0.39, 0.29) is 18.3 Å². The molecule has 6 nitrogen and oxygen atoms in total. The van der Waals surface area contributed by atoms with E-state index in [2.05, 4.69) is 10.3 Å². The minimum Gasteiger partial charge on any atom is -0.495 e. The van der Waals surface area contributed by atoms with Crippen LogP contribution in [-0.2, 0) is 4.79 Å². The van der Waals surface area contributed by atoms with Gasteiger partial charge in [-0.25, -0.2) is 9.37 Å². The number of nitrogens with one attached hydrogen (secondary N) is 1. The number of hydrogen-bond donors (Lipinski definition) is 1. The number of anilines is 1. The van der Waals surface area contributed by atoms with E-state index in [1.165, 1.54) is 35.6 Å². The molecule has 0 atom stereocenters. The first-order valence-corrected chi connectivity index (χ1v) is 8.12. The van der Waals surface area contributed by atoms with Gasteiger partial charge in [0.05, 0.1) is 14.2 Å². The lowest BCUT2D eigenvalue weighted by atomic mass is 10.3. The Morgan fingerprint density at radius 3 is 2.48 bits per heavy atom. The summed E-state index contributed by atoms with van der Waals surface area (Å²) in [5, 5.41) is 3.08. The number of hydrogen-bond acceptors (Lipinski definition) is 6. The van der Waals surface area contributed by atoms with Crippen LogP contribution in [0, 0.1) is 5.82 Å². The van der Waals surface area contributed by atoms with E-state index < -0.39 is 0 Å². The number of ether oxygens (including phenoxy) is 3. The second-order valence-electron chi connectivity index (χ2n) is 4.96. The summed E-state index contributed by atoms with van der Waals surface area (Å²) in [6.45, 7) is -0.212. The van der Waals surface area contributed by atoms with Crippen molar-refractivity contribution in [3.8, 4) is 17.2 Å². The van der Waals surface area contributed by atoms with Gasteiger partial charge in [0, 0.05) is 0 Å². The molecule has 0 radical (unpaired) electrons. The highest BCUT2D eigenvalue weighted by Crippen LogP contribution is 2.38. The zero-order chi connectivity index (χ0) is 17.8. The van der Waals surface area contributed by atoms with E-state index in [1.54, 1.807) is 26.4 Å². The quantitative estimate of drug-likeness (QED) is 0.727. The summed E-state index contributed by atoms with van der Waals surface area (Å²) in [6.07, 6.45) is 0. The molecule has 1 N–H and O–H groups in total. The third-order valence-electron chi connectivity index (χ3n) is 3.34. The molecular weight excluding hydrogens is 347 g/mol. The van der Waals surface area contributed by atoms with Gasteiger partial charge in [0.15, 0.2) is 11.7 Å². The molecule has 0 bridgehead atoms. The number of halogens is 1. The molecule has 8 heteroatoms. The summed E-state index contributed by atoms with van der Waals surface area (Å²) in [6, 6.07) is 8.97. The Morgan fingerprint density at radius 2 is 1.80 bits per heavy atom. The van der Waals surface area contributed by atoms with Gasteiger partial charge >= 0.3 is 0 Å². The highest BCUT2D eigenvalue weighted by Gasteiger charge is 2.15. The lowest BCUT2D eigenvalue weighted by Crippen LogP contribution is -2.19. The van der Waals surface area contributed by atoms with Crippen LogP contribution in [0.5, 0.6) is 17.2 Å². The zero-order valence-corrected chi connectivity index (χ0v) is 14.4. The Kier molecular flexibility index (Phi) is 4.99. The molecule has 1 aromatic heterocycles. The van der Waals surface area contributed by atoms with Gasteiger partial charge in [-0.3, -0.25) is 10.1 Å². The number of thiazole rings is 1. The molecule has 1 amide bonds. The molecule has 2 aromatic carbocycles. The maximum atomic E-state index is 12.8. The molecule has 3 aromatic rings. The van der Waals surface area contributed by atoms with E-state index in [4.69, 9.17) is 14.2 Å². The van der Waals surface area contributed by atoms with Gasteiger partial charge in [-0.05, 0) is 36.4 Å². The zero-order valence-electron chi connectivity index (χ0n) is 13.5. The molecule has 0 spiro atoms. The molecule has 0 aliphatic rings. The maximum Gasteiger partial charge on any atom is 0.264 e. The van der Waals surface area contributed by atoms with Gasteiger partial charge in [0.1, 0.15) is 33.3 Å². The summed E-state index contributed by atoms with van der Waals surface area (Å²) >= 11 is 1.28. The van der Waals surface area contributed by atoms with Crippen molar-refractivity contribution in [2.45, 2.75) is 0 Å². The van der Waals surface area contributed by atoms with Crippen molar-refractivity contribution in [3.63, 3.8) is 0 Å². The van der Waals surface area contributed by atoms with Crippen molar-refractivity contribution in [1.29, 1.82) is 0 Å². The van der Waals surface area contributed by atoms with Crippen molar-refractivity contribution in [2.24, 2.45) is 0 Å². The number of amides is 1. The fraction of sp³-hybridized carbons (Fsp3) is 0.176. The molecule has 1 heterocycles. The Labute approximate surface area is 147 Å². The Hall–Kier alpha value is -2.87. The summed E-state index contributed by atoms with van der Waals surface area (Å²) in [5.74, 6) is 0.908. The van der Waals surface area contributed by atoms with E-state index in [0.717, 1.165) is 4.70 Å². The molecule has 0 aliphatic carbocycles. The lowest BCUT2D eigenvalue weighted by Gasteiger charge is -2.05. The van der Waals surface area contributed by atoms with Gasteiger partial charge < -0.3 is 14.2 Å². The van der Waals surface area contributed by atoms with Gasteiger partial charge in [0.2, 0.25) is 0 Å². The second kappa shape index (κ2) is 7.35. The van der Waals surface area contributed by atoms with Crippen LogP contribution >= 0.6 is 11.3 Å². The SMILES string of the molecule is COc1ccc(OC)c2sc(NC(=O)COc3ccc(F)cc3)nc12. The number of carbonyl (C=O) groups excluding carboxylic acids is 1. The Balaban J connectivity index is 1.71. The summed E-state index contributed by atoms with van der Waals surface area (Å²) in [7, 11) is 3.12. The van der Waals surface area contributed by atoms with Crippen LogP contribution in [0.25, 0.3) is 10.2 Å². The van der Waals surface area contributed by atoms with Crippen molar-refractivity contribution in [2.75, 3.05) is 26.1 Å². The first-order valence-electron chi connectivity index (χ1n) is 7.30. The minimum absolute atomic E-state index is 0.212. The first kappa shape index (κ1) is 17.0. The van der Waals surface area contributed by atoms with Crippen LogP contribution in [0.2, 0.25) is 0 Å². The second-order valence-corrected chi connectivity index (χ2v) is 5.96. The largest absolute Gasteiger partial charge is 0.495 e. The molecule has 0 aliphatic heterocycles. The topological polar surface area (TPSA) is 69.7 Å². The van der Waals surface area contributed by atoms with Crippen LogP contribution < -0.4 is 19.5 Å². The molecule has 3 rings (SSSR count). The third kappa shape index (κ3) is 3.80. The van der Waals surface area contributed by atoms with Crippen LogP contribution in [0.3, 0.4) is 0 Å². The number of carbonyl (C=O) groups is 1. The van der Waals surface area contributed by atoms with E-state index in [0.29, 0.717) is 27.9 Å². The summed E-state index contributed by atoms with van der Waals surface area (Å²) in [5.41, 5.74) is 0.613. The fourth-order valence-corrected chi connectivity index (χ4v) is 3.16. The minimum atomic E-state index is -0.374. The number of methoxy groups -OCH3 is 2. The smallest absolute Gasteiger partial charge is 0.264 e. The van der Waals surface area contributed by atoms with Crippen molar-refractivity contribution in [1.82, 2.24) is 4.98 Å². The predicted molar refractivity (Wildman–Crippen MR) is 93.2 cm³/mol. The maximum absolute atomic E-state index is 12.8. The number of nitrogens with zero attached hydrogens (tertiary/aromatic N) is 1. The van der Waals surface area contributed by atoms with Crippen LogP contribution in [0.4, 0.5) is 9.52 Å². The molecule has 0 saturated carbocycles. The van der Waals surface area contributed by atoms with Crippen LogP contribution in [0.1, 0.15) is 0 Å². The Morgan fingerprint density at radius 1 is 1.12 bits per heavy atom. The number of benzene rings is 2. The molecule has 0 saturated heterocycles. The van der Waals surface area contributed by atoms with E-state index >= 15 is 0 Å². The summed E-state index contributed by atoms with van der Waals surface area (Å²) in [4.78, 5) is 16.4. The highest BCUT2D eigenvalue weighted by molar-refractivity contribution is 7.22. The average Bonchev–Trinajstić information content (AvgIpc) is 3.03. The van der Waals surface area contributed by atoms with Gasteiger partial charge in [0.25, 0.3) is 5.91 Å². The molecule has 0 unspecified atom stereocenters. The number of fused-ring (bicyclic) bond motifs is 1. The van der Waals surface area contributed by atoms with Gasteiger partial charge in [-0.1, -0.05) is 11.3 Å². The molecule has 0 fully saturated rings. The van der Waals surface area contributed by atoms with Gasteiger partial charge in [-0.15, -0.1) is 0 Å². The van der Waals surface area contributed by atoms with Gasteiger partial charge in [-0.2, -0.15) is 0 Å². The van der Waals surface area contributed by atoms with Crippen LogP contribution in [-0.4, -0.2) is 31.7 Å². The fourth-order valence-electron chi connectivity index (χ4n) is 2.17. The number of rotatable bonds is 6. The highest BCUT2D eigenvalue weighted by atomic mass is 32.1. The van der Waals surface area contributed by atoms with E-state index in [1.807, 2.05) is 0 Å². The van der Waals surface area contributed by atoms with E-state index in [9.17, 15) is 9.18 Å². The van der Waals surface area contributed by atoms with Crippen molar-refractivity contribution >= 4 is 32.6 Å². The monoisotopic (exact) mass is 362 g/mol. The summed E-state index contributed by atoms with van der Waals surface area (Å²) < 4.78 is 29.5. The molecule has 25 heavy (non-hydrogen) atoms. The van der Waals surface area contributed by atoms with Crippen LogP contribution in [0.15, 0.2) is 36.4 Å². The molecular formula is C17H15FN2O4S. The number of aromatic nitrogens is 1. The predicted octanol–water partition coefficient (Wildman–Crippen LogP) is 3.47. The van der Waals surface area contributed by atoms with Crippen molar-refractivity contribution < 1.29 is 23.4 Å².